The van der Waals surface area contributed by atoms with E-state index in [1.54, 1.807) is 7.05 Å². The van der Waals surface area contributed by atoms with Gasteiger partial charge in [0.2, 0.25) is 0 Å². The Labute approximate surface area is 103 Å². The normalized spacial score (nSPS) is 12.9. The number of aromatic nitrogens is 2. The fourth-order valence-electron chi connectivity index (χ4n) is 1.40. The smallest absolute Gasteiger partial charge is 0.339 e. The van der Waals surface area contributed by atoms with Crippen molar-refractivity contribution in [3.63, 3.8) is 0 Å². The number of aryl methyl sites for hydroxylation is 1. The molecular formula is C11H18N2O3S. The third-order valence-corrected chi connectivity index (χ3v) is 3.80. The molecule has 96 valence electrons. The van der Waals surface area contributed by atoms with E-state index in [0.29, 0.717) is 17.4 Å². The van der Waals surface area contributed by atoms with Crippen molar-refractivity contribution < 1.29 is 14.1 Å². The number of rotatable bonds is 6. The molecule has 6 heteroatoms. The molecule has 17 heavy (non-hydrogen) atoms. The minimum absolute atomic E-state index is 0.144. The molecule has 0 fully saturated rings. The van der Waals surface area contributed by atoms with Crippen molar-refractivity contribution in [1.82, 2.24) is 9.78 Å². The fourth-order valence-corrected chi connectivity index (χ4v) is 2.93. The van der Waals surface area contributed by atoms with Crippen LogP contribution in [-0.4, -0.2) is 30.8 Å². The molecule has 0 aliphatic heterocycles. The van der Waals surface area contributed by atoms with Crippen molar-refractivity contribution >= 4 is 16.8 Å². The molecule has 0 aromatic carbocycles. The number of nitrogens with zero attached hydrogens (tertiary/aromatic N) is 2. The standard InChI is InChI=1S/C11H18N2O3S/c1-8(2)4-5-17(16)7-10-9(11(14)15)6-12-13(10)3/h6,8H,4-5,7H2,1-3H3,(H,14,15). The highest BCUT2D eigenvalue weighted by Crippen LogP contribution is 2.12. The summed E-state index contributed by atoms with van der Waals surface area (Å²) < 4.78 is 13.3. The van der Waals surface area contributed by atoms with Gasteiger partial charge in [-0.25, -0.2) is 4.79 Å². The van der Waals surface area contributed by atoms with Gasteiger partial charge >= 0.3 is 5.97 Å². The predicted octanol–water partition coefficient (Wildman–Crippen LogP) is 1.41. The molecule has 0 radical (unpaired) electrons. The second kappa shape index (κ2) is 5.95. The van der Waals surface area contributed by atoms with E-state index in [2.05, 4.69) is 18.9 Å². The monoisotopic (exact) mass is 258 g/mol. The first-order chi connectivity index (χ1) is 7.91. The van der Waals surface area contributed by atoms with Crippen LogP contribution in [0.25, 0.3) is 0 Å². The Morgan fingerprint density at radius 2 is 2.24 bits per heavy atom. The molecule has 1 aromatic rings. The van der Waals surface area contributed by atoms with E-state index in [-0.39, 0.29) is 11.3 Å². The topological polar surface area (TPSA) is 72.2 Å². The SMILES string of the molecule is CC(C)CCS(=O)Cc1c(C(=O)O)cnn1C. The molecule has 1 heterocycles. The van der Waals surface area contributed by atoms with Crippen LogP contribution in [-0.2, 0) is 23.6 Å². The minimum Gasteiger partial charge on any atom is -0.478 e. The van der Waals surface area contributed by atoms with Crippen molar-refractivity contribution in [1.29, 1.82) is 0 Å². The lowest BCUT2D eigenvalue weighted by atomic mass is 10.2. The lowest BCUT2D eigenvalue weighted by Crippen LogP contribution is -2.10. The zero-order chi connectivity index (χ0) is 13.0. The zero-order valence-corrected chi connectivity index (χ0v) is 11.2. The summed E-state index contributed by atoms with van der Waals surface area (Å²) >= 11 is 0. The van der Waals surface area contributed by atoms with Crippen LogP contribution in [0.2, 0.25) is 0 Å². The lowest BCUT2D eigenvalue weighted by molar-refractivity contribution is 0.0696. The number of carboxylic acids is 1. The molecule has 1 rings (SSSR count). The van der Waals surface area contributed by atoms with E-state index in [1.807, 2.05) is 0 Å². The Kier molecular flexibility index (Phi) is 4.86. The van der Waals surface area contributed by atoms with Gasteiger partial charge in [-0.05, 0) is 12.3 Å². The zero-order valence-electron chi connectivity index (χ0n) is 10.3. The highest BCUT2D eigenvalue weighted by atomic mass is 32.2. The first-order valence-electron chi connectivity index (χ1n) is 5.51. The first kappa shape index (κ1) is 13.9. The van der Waals surface area contributed by atoms with Crippen LogP contribution in [0, 0.1) is 5.92 Å². The Balaban J connectivity index is 2.71. The highest BCUT2D eigenvalue weighted by Gasteiger charge is 2.17. The van der Waals surface area contributed by atoms with Gasteiger partial charge in [-0.2, -0.15) is 5.10 Å². The van der Waals surface area contributed by atoms with Crippen LogP contribution < -0.4 is 0 Å². The molecule has 1 N–H and O–H groups in total. The minimum atomic E-state index is -1.03. The Morgan fingerprint density at radius 3 is 2.76 bits per heavy atom. The molecule has 1 atom stereocenters. The number of hydrogen-bond donors (Lipinski definition) is 1. The van der Waals surface area contributed by atoms with Gasteiger partial charge in [0.25, 0.3) is 0 Å². The summed E-state index contributed by atoms with van der Waals surface area (Å²) in [5, 5.41) is 12.8. The average Bonchev–Trinajstić information content (AvgIpc) is 2.58. The summed E-state index contributed by atoms with van der Waals surface area (Å²) in [5.41, 5.74) is 0.671. The molecule has 1 aromatic heterocycles. The summed E-state index contributed by atoms with van der Waals surface area (Å²) in [6, 6.07) is 0. The maximum atomic E-state index is 11.8. The van der Waals surface area contributed by atoms with Crippen LogP contribution in [0.4, 0.5) is 0 Å². The Morgan fingerprint density at radius 1 is 1.59 bits per heavy atom. The van der Waals surface area contributed by atoms with Gasteiger partial charge in [-0.15, -0.1) is 0 Å². The number of carbonyl (C=O) groups is 1. The van der Waals surface area contributed by atoms with E-state index in [1.165, 1.54) is 10.9 Å². The molecular weight excluding hydrogens is 240 g/mol. The van der Waals surface area contributed by atoms with Crippen molar-refractivity contribution in [2.45, 2.75) is 26.0 Å². The van der Waals surface area contributed by atoms with E-state index < -0.39 is 16.8 Å². The first-order valence-corrected chi connectivity index (χ1v) is 6.99. The number of aromatic carboxylic acids is 1. The fraction of sp³-hybridized carbons (Fsp3) is 0.636. The molecule has 0 aliphatic carbocycles. The molecule has 0 spiro atoms. The van der Waals surface area contributed by atoms with Crippen molar-refractivity contribution in [2.24, 2.45) is 13.0 Å². The molecule has 0 saturated carbocycles. The van der Waals surface area contributed by atoms with Crippen LogP contribution in [0.5, 0.6) is 0 Å². The van der Waals surface area contributed by atoms with E-state index >= 15 is 0 Å². The van der Waals surface area contributed by atoms with Crippen LogP contribution in [0.3, 0.4) is 0 Å². The van der Waals surface area contributed by atoms with Gasteiger partial charge < -0.3 is 5.11 Å². The molecule has 0 saturated heterocycles. The molecule has 0 aliphatic rings. The Hall–Kier alpha value is -1.17. The van der Waals surface area contributed by atoms with Crippen LogP contribution >= 0.6 is 0 Å². The van der Waals surface area contributed by atoms with Gasteiger partial charge in [0.05, 0.1) is 17.6 Å². The van der Waals surface area contributed by atoms with Gasteiger partial charge in [0.15, 0.2) is 0 Å². The Bertz CT molecular complexity index is 426. The molecule has 0 amide bonds. The van der Waals surface area contributed by atoms with E-state index in [9.17, 15) is 9.00 Å². The summed E-state index contributed by atoms with van der Waals surface area (Å²) in [6.45, 7) is 4.15. The van der Waals surface area contributed by atoms with Gasteiger partial charge in [0.1, 0.15) is 5.56 Å². The lowest BCUT2D eigenvalue weighted by Gasteiger charge is -2.06. The third kappa shape index (κ3) is 3.96. The number of carboxylic acid groups (broad SMARTS) is 1. The second-order valence-corrected chi connectivity index (χ2v) is 5.98. The van der Waals surface area contributed by atoms with Gasteiger partial charge in [-0.1, -0.05) is 13.8 Å². The van der Waals surface area contributed by atoms with E-state index in [0.717, 1.165) is 6.42 Å². The van der Waals surface area contributed by atoms with Crippen LogP contribution in [0.15, 0.2) is 6.20 Å². The largest absolute Gasteiger partial charge is 0.478 e. The van der Waals surface area contributed by atoms with Gasteiger partial charge in [0, 0.05) is 23.6 Å². The van der Waals surface area contributed by atoms with Crippen molar-refractivity contribution in [3.8, 4) is 0 Å². The third-order valence-electron chi connectivity index (χ3n) is 2.51. The summed E-state index contributed by atoms with van der Waals surface area (Å²) in [6.07, 6.45) is 2.18. The van der Waals surface area contributed by atoms with Crippen molar-refractivity contribution in [2.75, 3.05) is 5.75 Å². The predicted molar refractivity (Wildman–Crippen MR) is 66.3 cm³/mol. The van der Waals surface area contributed by atoms with Crippen molar-refractivity contribution in [3.05, 3.63) is 17.5 Å². The van der Waals surface area contributed by atoms with Gasteiger partial charge in [-0.3, -0.25) is 8.89 Å². The summed E-state index contributed by atoms with van der Waals surface area (Å²) in [7, 11) is 0.637. The molecule has 1 unspecified atom stereocenters. The maximum absolute atomic E-state index is 11.8. The molecule has 5 nitrogen and oxygen atoms in total. The van der Waals surface area contributed by atoms with E-state index in [4.69, 9.17) is 5.11 Å². The second-order valence-electron chi connectivity index (χ2n) is 4.40. The summed E-state index contributed by atoms with van der Waals surface area (Å²) in [4.78, 5) is 10.9. The quantitative estimate of drug-likeness (QED) is 0.837. The highest BCUT2D eigenvalue weighted by molar-refractivity contribution is 7.84. The average molecular weight is 258 g/mol. The number of hydrogen-bond acceptors (Lipinski definition) is 3. The molecule has 0 bridgehead atoms. The summed E-state index contributed by atoms with van der Waals surface area (Å²) in [5.74, 6) is 0.339. The van der Waals surface area contributed by atoms with Crippen LogP contribution in [0.1, 0.15) is 36.3 Å². The maximum Gasteiger partial charge on any atom is 0.339 e.